The van der Waals surface area contributed by atoms with Gasteiger partial charge in [0, 0.05) is 5.56 Å². The Hall–Kier alpha value is -2.19. The van der Waals surface area contributed by atoms with E-state index in [-0.39, 0.29) is 6.10 Å². The number of hydrogen-bond donors (Lipinski definition) is 1. The van der Waals surface area contributed by atoms with Crippen LogP contribution in [0.15, 0.2) is 18.2 Å². The molecular weight excluding hydrogens is 274 g/mol. The highest BCUT2D eigenvalue weighted by Gasteiger charge is 2.19. The van der Waals surface area contributed by atoms with Gasteiger partial charge in [-0.05, 0) is 28.6 Å². The summed E-state index contributed by atoms with van der Waals surface area (Å²) in [7, 11) is 1.58. The van der Waals surface area contributed by atoms with Crippen molar-refractivity contribution in [3.63, 3.8) is 0 Å². The highest BCUT2D eigenvalue weighted by atomic mass is 16.6. The second kappa shape index (κ2) is 6.06. The molecule has 3 rings (SSSR count). The van der Waals surface area contributed by atoms with Crippen LogP contribution >= 0.6 is 0 Å². The number of tetrazole rings is 1. The minimum Gasteiger partial charge on any atom is -0.495 e. The molecule has 0 bridgehead atoms. The number of hydrogen-bond acceptors (Lipinski definition) is 7. The standard InChI is InChI=1S/C13H17N5O3/c1-19-12-6-9(2-3-11(12)14)13-15-16-17-18(13)7-10-8-20-4-5-21-10/h2-3,6,10H,4-5,7-8,14H2,1H3. The Bertz CT molecular complexity index is 610. The molecule has 1 aromatic carbocycles. The lowest BCUT2D eigenvalue weighted by atomic mass is 10.1. The van der Waals surface area contributed by atoms with Gasteiger partial charge in [-0.1, -0.05) is 0 Å². The molecule has 1 aliphatic rings. The zero-order valence-electron chi connectivity index (χ0n) is 11.7. The third-order valence-corrected chi connectivity index (χ3v) is 3.29. The molecular formula is C13H17N5O3. The lowest BCUT2D eigenvalue weighted by molar-refractivity contribution is -0.0946. The van der Waals surface area contributed by atoms with Gasteiger partial charge in [0.25, 0.3) is 0 Å². The molecule has 1 atom stereocenters. The van der Waals surface area contributed by atoms with E-state index in [0.29, 0.717) is 43.6 Å². The molecule has 8 heteroatoms. The maximum atomic E-state index is 5.82. The van der Waals surface area contributed by atoms with E-state index in [1.54, 1.807) is 17.9 Å². The van der Waals surface area contributed by atoms with E-state index in [2.05, 4.69) is 15.5 Å². The van der Waals surface area contributed by atoms with Crippen molar-refractivity contribution in [2.75, 3.05) is 32.7 Å². The van der Waals surface area contributed by atoms with Gasteiger partial charge in [0.1, 0.15) is 11.9 Å². The number of rotatable bonds is 4. The van der Waals surface area contributed by atoms with E-state index < -0.39 is 0 Å². The SMILES string of the molecule is COc1cc(-c2nnnn2CC2COCCO2)ccc1N. The van der Waals surface area contributed by atoms with Gasteiger partial charge in [-0.2, -0.15) is 0 Å². The topological polar surface area (TPSA) is 97.3 Å². The Labute approximate surface area is 121 Å². The van der Waals surface area contributed by atoms with Gasteiger partial charge in [-0.15, -0.1) is 5.10 Å². The summed E-state index contributed by atoms with van der Waals surface area (Å²) in [5.41, 5.74) is 7.23. The molecule has 8 nitrogen and oxygen atoms in total. The second-order valence-electron chi connectivity index (χ2n) is 4.71. The van der Waals surface area contributed by atoms with Crippen molar-refractivity contribution in [1.29, 1.82) is 0 Å². The van der Waals surface area contributed by atoms with Gasteiger partial charge in [0.05, 0.1) is 39.2 Å². The Morgan fingerprint density at radius 2 is 2.33 bits per heavy atom. The van der Waals surface area contributed by atoms with Gasteiger partial charge >= 0.3 is 0 Å². The highest BCUT2D eigenvalue weighted by Crippen LogP contribution is 2.27. The lowest BCUT2D eigenvalue weighted by Crippen LogP contribution is -2.32. The first kappa shape index (κ1) is 13.8. The number of ether oxygens (including phenoxy) is 3. The van der Waals surface area contributed by atoms with Crippen LogP contribution in [0.5, 0.6) is 5.75 Å². The normalized spacial score (nSPS) is 18.6. The van der Waals surface area contributed by atoms with Gasteiger partial charge in [-0.25, -0.2) is 4.68 Å². The van der Waals surface area contributed by atoms with E-state index in [4.69, 9.17) is 19.9 Å². The number of nitrogens with zero attached hydrogens (tertiary/aromatic N) is 4. The average Bonchev–Trinajstić information content (AvgIpc) is 2.97. The molecule has 2 N–H and O–H groups in total. The van der Waals surface area contributed by atoms with Gasteiger partial charge in [-0.3, -0.25) is 0 Å². The molecule has 21 heavy (non-hydrogen) atoms. The van der Waals surface area contributed by atoms with Crippen LogP contribution < -0.4 is 10.5 Å². The predicted octanol–water partition coefficient (Wildman–Crippen LogP) is 0.346. The fraction of sp³-hybridized carbons (Fsp3) is 0.462. The molecule has 0 aliphatic carbocycles. The number of methoxy groups -OCH3 is 1. The van der Waals surface area contributed by atoms with E-state index >= 15 is 0 Å². The molecule has 0 spiro atoms. The molecule has 0 radical (unpaired) electrons. The summed E-state index contributed by atoms with van der Waals surface area (Å²) in [6, 6.07) is 5.45. The van der Waals surface area contributed by atoms with Crippen LogP contribution in [0.2, 0.25) is 0 Å². The van der Waals surface area contributed by atoms with Gasteiger partial charge in [0.2, 0.25) is 0 Å². The van der Waals surface area contributed by atoms with Crippen molar-refractivity contribution in [1.82, 2.24) is 20.2 Å². The summed E-state index contributed by atoms with van der Waals surface area (Å²) in [5, 5.41) is 11.8. The van der Waals surface area contributed by atoms with Crippen LogP contribution in [0.4, 0.5) is 5.69 Å². The number of aromatic nitrogens is 4. The van der Waals surface area contributed by atoms with Crippen molar-refractivity contribution < 1.29 is 14.2 Å². The van der Waals surface area contributed by atoms with E-state index in [1.807, 2.05) is 12.1 Å². The van der Waals surface area contributed by atoms with E-state index in [0.717, 1.165) is 5.56 Å². The van der Waals surface area contributed by atoms with E-state index in [1.165, 1.54) is 0 Å². The first-order valence-electron chi connectivity index (χ1n) is 6.67. The number of nitrogens with two attached hydrogens (primary N) is 1. The summed E-state index contributed by atoms with van der Waals surface area (Å²) < 4.78 is 17.9. The lowest BCUT2D eigenvalue weighted by Gasteiger charge is -2.22. The third-order valence-electron chi connectivity index (χ3n) is 3.29. The number of benzene rings is 1. The van der Waals surface area contributed by atoms with Crippen LogP contribution in [0, 0.1) is 0 Å². The predicted molar refractivity (Wildman–Crippen MR) is 74.8 cm³/mol. The van der Waals surface area contributed by atoms with Gasteiger partial charge < -0.3 is 19.9 Å². The zero-order chi connectivity index (χ0) is 14.7. The monoisotopic (exact) mass is 291 g/mol. The molecule has 1 aliphatic heterocycles. The van der Waals surface area contributed by atoms with E-state index in [9.17, 15) is 0 Å². The van der Waals surface area contributed by atoms with Crippen LogP contribution in [-0.2, 0) is 16.0 Å². The minimum absolute atomic E-state index is 0.0447. The summed E-state index contributed by atoms with van der Waals surface area (Å²) in [5.74, 6) is 1.24. The average molecular weight is 291 g/mol. The van der Waals surface area contributed by atoms with Crippen molar-refractivity contribution >= 4 is 5.69 Å². The molecule has 2 aromatic rings. The molecule has 112 valence electrons. The maximum Gasteiger partial charge on any atom is 0.182 e. The summed E-state index contributed by atoms with van der Waals surface area (Å²) in [6.45, 7) is 2.31. The third kappa shape index (κ3) is 2.96. The van der Waals surface area contributed by atoms with Crippen LogP contribution in [0.3, 0.4) is 0 Å². The Balaban J connectivity index is 1.84. The summed E-state index contributed by atoms with van der Waals surface area (Å²) >= 11 is 0. The largest absolute Gasteiger partial charge is 0.495 e. The summed E-state index contributed by atoms with van der Waals surface area (Å²) in [4.78, 5) is 0. The molecule has 0 amide bonds. The number of nitrogen functional groups attached to an aromatic ring is 1. The smallest absolute Gasteiger partial charge is 0.182 e. The fourth-order valence-corrected chi connectivity index (χ4v) is 2.22. The Kier molecular flexibility index (Phi) is 3.98. The quantitative estimate of drug-likeness (QED) is 0.811. The maximum absolute atomic E-state index is 5.82. The van der Waals surface area contributed by atoms with Crippen LogP contribution in [0.1, 0.15) is 0 Å². The van der Waals surface area contributed by atoms with Crippen molar-refractivity contribution in [3.05, 3.63) is 18.2 Å². The molecule has 1 aromatic heterocycles. The highest BCUT2D eigenvalue weighted by molar-refractivity contribution is 5.65. The van der Waals surface area contributed by atoms with Gasteiger partial charge in [0.15, 0.2) is 5.82 Å². The number of anilines is 1. The van der Waals surface area contributed by atoms with Crippen molar-refractivity contribution in [2.24, 2.45) is 0 Å². The Morgan fingerprint density at radius 3 is 3.10 bits per heavy atom. The molecule has 1 fully saturated rings. The fourth-order valence-electron chi connectivity index (χ4n) is 2.22. The van der Waals surface area contributed by atoms with Crippen molar-refractivity contribution in [2.45, 2.75) is 12.6 Å². The Morgan fingerprint density at radius 1 is 1.43 bits per heavy atom. The molecule has 2 heterocycles. The first-order valence-corrected chi connectivity index (χ1v) is 6.67. The molecule has 0 saturated carbocycles. The van der Waals surface area contributed by atoms with Crippen molar-refractivity contribution in [3.8, 4) is 17.1 Å². The molecule has 1 saturated heterocycles. The first-order chi connectivity index (χ1) is 10.3. The second-order valence-corrected chi connectivity index (χ2v) is 4.71. The molecule has 1 unspecified atom stereocenters. The van der Waals surface area contributed by atoms with Crippen LogP contribution in [-0.4, -0.2) is 53.2 Å². The zero-order valence-corrected chi connectivity index (χ0v) is 11.7. The van der Waals surface area contributed by atoms with Crippen LogP contribution in [0.25, 0.3) is 11.4 Å². The summed E-state index contributed by atoms with van der Waals surface area (Å²) in [6.07, 6.45) is -0.0447. The minimum atomic E-state index is -0.0447.